The maximum atomic E-state index is 12.6. The molecule has 2 rings (SSSR count). The van der Waals surface area contributed by atoms with E-state index in [1.54, 1.807) is 6.08 Å². The van der Waals surface area contributed by atoms with Crippen molar-refractivity contribution in [3.05, 3.63) is 23.5 Å². The number of ketones is 1. The fourth-order valence-electron chi connectivity index (χ4n) is 3.36. The van der Waals surface area contributed by atoms with Crippen molar-refractivity contribution in [2.45, 2.75) is 78.1 Å². The molecule has 0 aromatic rings. The van der Waals surface area contributed by atoms with Gasteiger partial charge in [-0.05, 0) is 59.3 Å². The van der Waals surface area contributed by atoms with E-state index in [4.69, 9.17) is 14.2 Å². The van der Waals surface area contributed by atoms with Gasteiger partial charge in [0.05, 0.1) is 18.5 Å². The molecule has 0 bridgehead atoms. The Labute approximate surface area is 146 Å². The Morgan fingerprint density at radius 1 is 1.38 bits per heavy atom. The lowest BCUT2D eigenvalue weighted by Crippen LogP contribution is -2.37. The standard InChI is InChI=1S/C20H32O4/c1-4-22-16-11-12-17(18(21)14-16)19(9-7-8-15(2)3)24-20-10-5-6-13-23-20/h8,14,17,19-20H,4-7,9-13H2,1-3H3. The largest absolute Gasteiger partial charge is 0.498 e. The topological polar surface area (TPSA) is 44.8 Å². The first kappa shape index (κ1) is 19.2. The first-order chi connectivity index (χ1) is 11.6. The second-order valence-electron chi connectivity index (χ2n) is 6.92. The summed E-state index contributed by atoms with van der Waals surface area (Å²) in [4.78, 5) is 12.6. The summed E-state index contributed by atoms with van der Waals surface area (Å²) in [5, 5.41) is 0. The van der Waals surface area contributed by atoms with Gasteiger partial charge in [0.2, 0.25) is 0 Å². The molecule has 0 aromatic carbocycles. The number of rotatable bonds is 8. The first-order valence-corrected chi connectivity index (χ1v) is 9.37. The van der Waals surface area contributed by atoms with E-state index in [1.807, 2.05) is 6.92 Å². The summed E-state index contributed by atoms with van der Waals surface area (Å²) in [6.45, 7) is 7.52. The molecule has 0 saturated carbocycles. The van der Waals surface area contributed by atoms with E-state index in [9.17, 15) is 4.79 Å². The Morgan fingerprint density at radius 3 is 2.83 bits per heavy atom. The summed E-state index contributed by atoms with van der Waals surface area (Å²) in [5.74, 6) is 0.878. The molecule has 1 aliphatic carbocycles. The molecule has 0 aromatic heterocycles. The van der Waals surface area contributed by atoms with Crippen molar-refractivity contribution in [2.75, 3.05) is 13.2 Å². The molecule has 4 nitrogen and oxygen atoms in total. The van der Waals surface area contributed by atoms with E-state index >= 15 is 0 Å². The van der Waals surface area contributed by atoms with Crippen LogP contribution < -0.4 is 0 Å². The third kappa shape index (κ3) is 6.06. The zero-order valence-electron chi connectivity index (χ0n) is 15.4. The van der Waals surface area contributed by atoms with Crippen LogP contribution in [0, 0.1) is 5.92 Å². The molecule has 24 heavy (non-hydrogen) atoms. The van der Waals surface area contributed by atoms with Crippen LogP contribution in [0.15, 0.2) is 23.5 Å². The normalized spacial score (nSPS) is 25.8. The monoisotopic (exact) mass is 336 g/mol. The second-order valence-corrected chi connectivity index (χ2v) is 6.92. The molecule has 1 heterocycles. The highest BCUT2D eigenvalue weighted by atomic mass is 16.7. The van der Waals surface area contributed by atoms with E-state index in [-0.39, 0.29) is 24.1 Å². The quantitative estimate of drug-likeness (QED) is 0.610. The number of allylic oxidation sites excluding steroid dienone is 4. The van der Waals surface area contributed by atoms with Crippen LogP contribution in [0.1, 0.15) is 65.7 Å². The second kappa shape index (κ2) is 10.00. The number of hydrogen-bond donors (Lipinski definition) is 0. The fourth-order valence-corrected chi connectivity index (χ4v) is 3.36. The maximum absolute atomic E-state index is 12.6. The Morgan fingerprint density at radius 2 is 2.21 bits per heavy atom. The van der Waals surface area contributed by atoms with Crippen LogP contribution in [0.25, 0.3) is 0 Å². The van der Waals surface area contributed by atoms with E-state index in [0.717, 1.165) is 57.3 Å². The van der Waals surface area contributed by atoms with Crippen molar-refractivity contribution in [1.29, 1.82) is 0 Å². The Bertz CT molecular complexity index is 456. The predicted molar refractivity (Wildman–Crippen MR) is 94.6 cm³/mol. The number of hydrogen-bond acceptors (Lipinski definition) is 4. The van der Waals surface area contributed by atoms with Gasteiger partial charge in [0.25, 0.3) is 0 Å². The van der Waals surface area contributed by atoms with Crippen LogP contribution in [0.3, 0.4) is 0 Å². The van der Waals surface area contributed by atoms with Gasteiger partial charge >= 0.3 is 0 Å². The van der Waals surface area contributed by atoms with Crippen LogP contribution in [-0.2, 0) is 19.0 Å². The number of carbonyl (C=O) groups excluding carboxylic acids is 1. The molecule has 0 spiro atoms. The predicted octanol–water partition coefficient (Wildman–Crippen LogP) is 4.54. The van der Waals surface area contributed by atoms with Crippen LogP contribution in [-0.4, -0.2) is 31.4 Å². The molecular formula is C20H32O4. The number of carbonyl (C=O) groups is 1. The molecule has 0 N–H and O–H groups in total. The van der Waals surface area contributed by atoms with E-state index in [1.165, 1.54) is 5.57 Å². The van der Waals surface area contributed by atoms with Crippen molar-refractivity contribution in [2.24, 2.45) is 5.92 Å². The third-order valence-electron chi connectivity index (χ3n) is 4.62. The van der Waals surface area contributed by atoms with Crippen LogP contribution in [0.2, 0.25) is 0 Å². The number of ether oxygens (including phenoxy) is 3. The van der Waals surface area contributed by atoms with Crippen molar-refractivity contribution in [3.8, 4) is 0 Å². The molecule has 3 atom stereocenters. The van der Waals surface area contributed by atoms with Gasteiger partial charge < -0.3 is 14.2 Å². The van der Waals surface area contributed by atoms with Crippen LogP contribution in [0.4, 0.5) is 0 Å². The summed E-state index contributed by atoms with van der Waals surface area (Å²) < 4.78 is 17.5. The average molecular weight is 336 g/mol. The zero-order valence-corrected chi connectivity index (χ0v) is 15.4. The van der Waals surface area contributed by atoms with E-state index in [0.29, 0.717) is 6.61 Å². The van der Waals surface area contributed by atoms with E-state index in [2.05, 4.69) is 19.9 Å². The summed E-state index contributed by atoms with van der Waals surface area (Å²) in [7, 11) is 0. The lowest BCUT2D eigenvalue weighted by molar-refractivity contribution is -0.200. The highest BCUT2D eigenvalue weighted by Gasteiger charge is 2.33. The zero-order chi connectivity index (χ0) is 17.4. The maximum Gasteiger partial charge on any atom is 0.164 e. The Hall–Kier alpha value is -1.13. The third-order valence-corrected chi connectivity index (χ3v) is 4.62. The first-order valence-electron chi connectivity index (χ1n) is 9.37. The van der Waals surface area contributed by atoms with Crippen molar-refractivity contribution >= 4 is 5.78 Å². The van der Waals surface area contributed by atoms with Crippen LogP contribution >= 0.6 is 0 Å². The Balaban J connectivity index is 2.00. The summed E-state index contributed by atoms with van der Waals surface area (Å²) in [6.07, 6.45) is 10.3. The molecule has 3 unspecified atom stereocenters. The highest BCUT2D eigenvalue weighted by molar-refractivity contribution is 5.93. The lowest BCUT2D eigenvalue weighted by Gasteiger charge is -2.33. The van der Waals surface area contributed by atoms with Gasteiger partial charge in [0.1, 0.15) is 0 Å². The highest BCUT2D eigenvalue weighted by Crippen LogP contribution is 2.30. The summed E-state index contributed by atoms with van der Waals surface area (Å²) in [5.41, 5.74) is 1.30. The minimum absolute atomic E-state index is 0.0735. The smallest absolute Gasteiger partial charge is 0.164 e. The molecular weight excluding hydrogens is 304 g/mol. The summed E-state index contributed by atoms with van der Waals surface area (Å²) in [6, 6.07) is 0. The minimum Gasteiger partial charge on any atom is -0.498 e. The van der Waals surface area contributed by atoms with Crippen molar-refractivity contribution < 1.29 is 19.0 Å². The van der Waals surface area contributed by atoms with Gasteiger partial charge in [-0.25, -0.2) is 0 Å². The molecule has 136 valence electrons. The van der Waals surface area contributed by atoms with Gasteiger partial charge in [-0.2, -0.15) is 0 Å². The van der Waals surface area contributed by atoms with Gasteiger partial charge in [-0.1, -0.05) is 11.6 Å². The molecule has 4 heteroatoms. The molecule has 1 aliphatic heterocycles. The SMILES string of the molecule is CCOC1=CC(=O)C(C(CCC=C(C)C)OC2CCCCO2)CC1. The van der Waals surface area contributed by atoms with Gasteiger partial charge in [-0.3, -0.25) is 4.79 Å². The van der Waals surface area contributed by atoms with Crippen molar-refractivity contribution in [1.82, 2.24) is 0 Å². The molecule has 0 amide bonds. The fraction of sp³-hybridized carbons (Fsp3) is 0.750. The molecule has 1 fully saturated rings. The minimum atomic E-state index is -0.152. The average Bonchev–Trinajstić information content (AvgIpc) is 2.55. The van der Waals surface area contributed by atoms with Crippen LogP contribution in [0.5, 0.6) is 0 Å². The van der Waals surface area contributed by atoms with Gasteiger partial charge in [0.15, 0.2) is 12.1 Å². The lowest BCUT2D eigenvalue weighted by atomic mass is 9.85. The molecule has 2 aliphatic rings. The molecule has 0 radical (unpaired) electrons. The summed E-state index contributed by atoms with van der Waals surface area (Å²) >= 11 is 0. The van der Waals surface area contributed by atoms with Crippen molar-refractivity contribution in [3.63, 3.8) is 0 Å². The Kier molecular flexibility index (Phi) is 8.00. The molecule has 1 saturated heterocycles. The van der Waals surface area contributed by atoms with Gasteiger partial charge in [0, 0.05) is 25.0 Å². The van der Waals surface area contributed by atoms with Gasteiger partial charge in [-0.15, -0.1) is 0 Å². The van der Waals surface area contributed by atoms with E-state index < -0.39 is 0 Å².